The lowest BCUT2D eigenvalue weighted by Crippen LogP contribution is -2.28. The highest BCUT2D eigenvalue weighted by molar-refractivity contribution is 5.85. The molecule has 0 saturated carbocycles. The molecule has 1 aromatic rings. The second-order valence-electron chi connectivity index (χ2n) is 6.82. The summed E-state index contributed by atoms with van der Waals surface area (Å²) in [5, 5.41) is 0. The summed E-state index contributed by atoms with van der Waals surface area (Å²) in [5.74, 6) is 0. The molecule has 0 N–H and O–H groups in total. The largest absolute Gasteiger partial charge is 0.413 e. The number of aliphatic imine (C=N–C) groups is 1. The van der Waals surface area contributed by atoms with Gasteiger partial charge in [-0.25, -0.2) is 0 Å². The zero-order valence-corrected chi connectivity index (χ0v) is 16.7. The van der Waals surface area contributed by atoms with Gasteiger partial charge in [0, 0.05) is 42.3 Å². The summed E-state index contributed by atoms with van der Waals surface area (Å²) in [6, 6.07) is 8.05. The van der Waals surface area contributed by atoms with Crippen molar-refractivity contribution in [1.29, 1.82) is 0 Å². The minimum Gasteiger partial charge on any atom is -0.345 e. The Morgan fingerprint density at radius 1 is 1.29 bits per heavy atom. The van der Waals surface area contributed by atoms with Gasteiger partial charge in [0.15, 0.2) is 0 Å². The maximum atomic E-state index is 13.4. The highest BCUT2D eigenvalue weighted by Crippen LogP contribution is 2.32. The van der Waals surface area contributed by atoms with Crippen LogP contribution in [0.4, 0.5) is 13.2 Å². The minimum atomic E-state index is -4.43. The Kier molecular flexibility index (Phi) is 7.44. The zero-order chi connectivity index (χ0) is 20.7. The van der Waals surface area contributed by atoms with Gasteiger partial charge in [-0.2, -0.15) is 13.2 Å². The highest BCUT2D eigenvalue weighted by Gasteiger charge is 2.34. The first-order valence-electron chi connectivity index (χ1n) is 9.33. The number of allylic oxidation sites excluding steroid dienone is 6. The standard InChI is InChI=1S/C23H27F3N2/c1-17-10-8-9-11-20(17)14-15-28(21-12-6-5-7-13-21)19(3)22(16-27-4)18(2)23(24,25)26/h5-6,8-12,16H,3,7,13-15H2,1-2,4H3/b22-18-,27-16?. The number of alkyl halides is 3. The van der Waals surface area contributed by atoms with E-state index in [4.69, 9.17) is 0 Å². The van der Waals surface area contributed by atoms with Crippen LogP contribution < -0.4 is 0 Å². The molecule has 150 valence electrons. The minimum absolute atomic E-state index is 0.0234. The fourth-order valence-corrected chi connectivity index (χ4v) is 3.20. The first-order chi connectivity index (χ1) is 13.3. The molecule has 0 fully saturated rings. The van der Waals surface area contributed by atoms with E-state index >= 15 is 0 Å². The average molecular weight is 388 g/mol. The van der Waals surface area contributed by atoms with E-state index in [1.165, 1.54) is 24.4 Å². The van der Waals surface area contributed by atoms with E-state index in [1.54, 1.807) is 0 Å². The fraction of sp³-hybridized carbons (Fsp3) is 0.348. The Labute approximate surface area is 165 Å². The number of hydrogen-bond donors (Lipinski definition) is 0. The van der Waals surface area contributed by atoms with E-state index in [-0.39, 0.29) is 5.57 Å². The summed E-state index contributed by atoms with van der Waals surface area (Å²) >= 11 is 0. The Bertz CT molecular complexity index is 826. The molecule has 0 aliphatic heterocycles. The van der Waals surface area contributed by atoms with Crippen molar-refractivity contribution in [3.63, 3.8) is 0 Å². The van der Waals surface area contributed by atoms with Crippen molar-refractivity contribution in [2.24, 2.45) is 4.99 Å². The van der Waals surface area contributed by atoms with Gasteiger partial charge in [-0.3, -0.25) is 4.99 Å². The lowest BCUT2D eigenvalue weighted by Gasteiger charge is -2.32. The van der Waals surface area contributed by atoms with Crippen molar-refractivity contribution in [2.75, 3.05) is 13.6 Å². The summed E-state index contributed by atoms with van der Waals surface area (Å²) < 4.78 is 40.2. The van der Waals surface area contributed by atoms with Gasteiger partial charge >= 0.3 is 6.18 Å². The molecule has 2 nitrogen and oxygen atoms in total. The first kappa shape index (κ1) is 21.7. The maximum absolute atomic E-state index is 13.4. The van der Waals surface area contributed by atoms with E-state index < -0.39 is 11.7 Å². The van der Waals surface area contributed by atoms with Crippen LogP contribution in [0.3, 0.4) is 0 Å². The summed E-state index contributed by atoms with van der Waals surface area (Å²) in [6.07, 6.45) is 5.12. The van der Waals surface area contributed by atoms with E-state index in [1.807, 2.05) is 42.2 Å². The molecule has 1 aliphatic rings. The molecule has 0 unspecified atom stereocenters. The van der Waals surface area contributed by atoms with Crippen LogP contribution in [0, 0.1) is 6.92 Å². The van der Waals surface area contributed by atoms with Crippen LogP contribution in [0.1, 0.15) is 30.9 Å². The van der Waals surface area contributed by atoms with Crippen molar-refractivity contribution in [3.8, 4) is 0 Å². The molecule has 0 heterocycles. The first-order valence-corrected chi connectivity index (χ1v) is 9.33. The van der Waals surface area contributed by atoms with E-state index in [9.17, 15) is 13.2 Å². The number of nitrogens with zero attached hydrogens (tertiary/aromatic N) is 2. The number of benzene rings is 1. The van der Waals surface area contributed by atoms with Crippen molar-refractivity contribution in [1.82, 2.24) is 4.90 Å². The average Bonchev–Trinajstić information content (AvgIpc) is 2.67. The predicted octanol–water partition coefficient (Wildman–Crippen LogP) is 6.17. The Hall–Kier alpha value is -2.56. The summed E-state index contributed by atoms with van der Waals surface area (Å²) in [6.45, 7) is 7.70. The Balaban J connectivity index is 2.40. The number of hydrogen-bond acceptors (Lipinski definition) is 2. The molecular weight excluding hydrogens is 361 g/mol. The van der Waals surface area contributed by atoms with Gasteiger partial charge in [-0.15, -0.1) is 0 Å². The SMILES string of the molecule is C=C(/C(C=NC)=C(/C)C(F)(F)F)N(CCc1ccccc1C)C1=CC=CCC1. The Morgan fingerprint density at radius 2 is 2.00 bits per heavy atom. The molecule has 5 heteroatoms. The summed E-state index contributed by atoms with van der Waals surface area (Å²) in [5.41, 5.74) is 2.98. The molecule has 0 saturated heterocycles. The van der Waals surface area contributed by atoms with E-state index in [0.29, 0.717) is 18.7 Å². The second kappa shape index (κ2) is 9.58. The van der Waals surface area contributed by atoms with Gasteiger partial charge in [-0.05, 0) is 50.3 Å². The molecule has 0 amide bonds. The summed E-state index contributed by atoms with van der Waals surface area (Å²) in [7, 11) is 1.47. The molecule has 1 aliphatic carbocycles. The third-order valence-electron chi connectivity index (χ3n) is 4.93. The molecule has 0 radical (unpaired) electrons. The zero-order valence-electron chi connectivity index (χ0n) is 16.7. The van der Waals surface area contributed by atoms with Crippen LogP contribution in [-0.2, 0) is 6.42 Å². The lowest BCUT2D eigenvalue weighted by atomic mass is 10.0. The van der Waals surface area contributed by atoms with Gasteiger partial charge in [0.1, 0.15) is 0 Å². The third kappa shape index (κ3) is 5.47. The van der Waals surface area contributed by atoms with Gasteiger partial charge in [0.05, 0.1) is 0 Å². The van der Waals surface area contributed by atoms with Crippen LogP contribution in [0.25, 0.3) is 0 Å². The van der Waals surface area contributed by atoms with Gasteiger partial charge in [-0.1, -0.05) is 43.0 Å². The van der Waals surface area contributed by atoms with Crippen molar-refractivity contribution >= 4 is 6.21 Å². The topological polar surface area (TPSA) is 15.6 Å². The molecule has 0 aromatic heterocycles. The molecule has 0 spiro atoms. The normalized spacial score (nSPS) is 15.4. The van der Waals surface area contributed by atoms with Gasteiger partial charge < -0.3 is 4.90 Å². The number of aryl methyl sites for hydroxylation is 1. The molecule has 1 aromatic carbocycles. The quantitative estimate of drug-likeness (QED) is 0.403. The molecule has 0 bridgehead atoms. The summed E-state index contributed by atoms with van der Waals surface area (Å²) in [4.78, 5) is 5.75. The molecular formula is C23H27F3N2. The lowest BCUT2D eigenvalue weighted by molar-refractivity contribution is -0.0917. The smallest absolute Gasteiger partial charge is 0.345 e. The maximum Gasteiger partial charge on any atom is 0.413 e. The molecule has 2 rings (SSSR count). The van der Waals surface area contributed by atoms with Crippen LogP contribution >= 0.6 is 0 Å². The molecule has 0 atom stereocenters. The van der Waals surface area contributed by atoms with Crippen LogP contribution in [0.15, 0.2) is 76.6 Å². The third-order valence-corrected chi connectivity index (χ3v) is 4.93. The molecule has 28 heavy (non-hydrogen) atoms. The van der Waals surface area contributed by atoms with E-state index in [2.05, 4.69) is 23.7 Å². The van der Waals surface area contributed by atoms with E-state index in [0.717, 1.165) is 25.5 Å². The highest BCUT2D eigenvalue weighted by atomic mass is 19.4. The number of halogens is 3. The van der Waals surface area contributed by atoms with Crippen molar-refractivity contribution in [2.45, 2.75) is 39.3 Å². The van der Waals surface area contributed by atoms with Crippen LogP contribution in [0.2, 0.25) is 0 Å². The monoisotopic (exact) mass is 388 g/mol. The van der Waals surface area contributed by atoms with Gasteiger partial charge in [0.25, 0.3) is 0 Å². The predicted molar refractivity (Wildman–Crippen MR) is 110 cm³/mol. The van der Waals surface area contributed by atoms with Crippen molar-refractivity contribution < 1.29 is 13.2 Å². The van der Waals surface area contributed by atoms with Gasteiger partial charge in [0.2, 0.25) is 0 Å². The van der Waals surface area contributed by atoms with Crippen molar-refractivity contribution in [3.05, 3.63) is 82.7 Å². The second-order valence-corrected chi connectivity index (χ2v) is 6.82. The Morgan fingerprint density at radius 3 is 2.57 bits per heavy atom. The number of rotatable bonds is 7. The van der Waals surface area contributed by atoms with Crippen LogP contribution in [-0.4, -0.2) is 30.9 Å². The van der Waals surface area contributed by atoms with Crippen LogP contribution in [0.5, 0.6) is 0 Å². The fourth-order valence-electron chi connectivity index (χ4n) is 3.20.